The number of piperidine rings is 1. The highest BCUT2D eigenvalue weighted by Gasteiger charge is 2.22. The van der Waals surface area contributed by atoms with Gasteiger partial charge >= 0.3 is 0 Å². The SMILES string of the molecule is CC(=O)C(F)CC1CCCN(C)C1. The lowest BCUT2D eigenvalue weighted by Gasteiger charge is -2.30. The predicted molar refractivity (Wildman–Crippen MR) is 50.4 cm³/mol. The van der Waals surface area contributed by atoms with Crippen molar-refractivity contribution >= 4 is 5.78 Å². The maximum atomic E-state index is 13.1. The number of halogens is 1. The summed E-state index contributed by atoms with van der Waals surface area (Å²) in [7, 11) is 2.05. The molecule has 2 unspecified atom stereocenters. The van der Waals surface area contributed by atoms with Gasteiger partial charge in [0.15, 0.2) is 12.0 Å². The van der Waals surface area contributed by atoms with Gasteiger partial charge in [0.05, 0.1) is 0 Å². The first kappa shape index (κ1) is 10.6. The molecule has 1 heterocycles. The molecule has 0 aromatic heterocycles. The Hall–Kier alpha value is -0.440. The first-order valence-electron chi connectivity index (χ1n) is 4.92. The number of ketones is 1. The molecule has 0 aromatic carbocycles. The summed E-state index contributed by atoms with van der Waals surface area (Å²) < 4.78 is 13.1. The molecule has 0 radical (unpaired) electrons. The number of nitrogens with zero attached hydrogens (tertiary/aromatic N) is 1. The fraction of sp³-hybridized carbons (Fsp3) is 0.900. The molecule has 1 fully saturated rings. The maximum absolute atomic E-state index is 13.1. The minimum atomic E-state index is -1.24. The Kier molecular flexibility index (Phi) is 3.85. The van der Waals surface area contributed by atoms with Gasteiger partial charge in [0.2, 0.25) is 0 Å². The molecule has 13 heavy (non-hydrogen) atoms. The number of alkyl halides is 1. The summed E-state index contributed by atoms with van der Waals surface area (Å²) in [6.07, 6.45) is 1.38. The molecule has 0 aromatic rings. The zero-order valence-corrected chi connectivity index (χ0v) is 8.42. The van der Waals surface area contributed by atoms with Crippen molar-refractivity contribution in [1.29, 1.82) is 0 Å². The zero-order valence-electron chi connectivity index (χ0n) is 8.42. The molecule has 0 spiro atoms. The molecule has 0 saturated carbocycles. The third kappa shape index (κ3) is 3.43. The van der Waals surface area contributed by atoms with E-state index in [9.17, 15) is 9.18 Å². The number of carbonyl (C=O) groups excluding carboxylic acids is 1. The molecule has 0 aliphatic carbocycles. The molecule has 1 aliphatic heterocycles. The average molecular weight is 187 g/mol. The van der Waals surface area contributed by atoms with E-state index in [0.29, 0.717) is 12.3 Å². The van der Waals surface area contributed by atoms with Crippen LogP contribution in [0, 0.1) is 5.92 Å². The second-order valence-electron chi connectivity index (χ2n) is 4.08. The van der Waals surface area contributed by atoms with Gasteiger partial charge in [-0.05, 0) is 45.7 Å². The molecule has 1 rings (SSSR count). The molecule has 1 aliphatic rings. The largest absolute Gasteiger partial charge is 0.306 e. The van der Waals surface area contributed by atoms with E-state index in [1.807, 2.05) is 7.05 Å². The molecule has 3 heteroatoms. The topological polar surface area (TPSA) is 20.3 Å². The Bertz CT molecular complexity index is 184. The Morgan fingerprint density at radius 3 is 2.92 bits per heavy atom. The third-order valence-corrected chi connectivity index (χ3v) is 2.70. The van der Waals surface area contributed by atoms with E-state index < -0.39 is 6.17 Å². The van der Waals surface area contributed by atoms with E-state index in [1.54, 1.807) is 0 Å². The summed E-state index contributed by atoms with van der Waals surface area (Å²) in [5.74, 6) is 0.0471. The van der Waals surface area contributed by atoms with Crippen molar-refractivity contribution in [3.8, 4) is 0 Å². The molecule has 2 nitrogen and oxygen atoms in total. The third-order valence-electron chi connectivity index (χ3n) is 2.70. The van der Waals surface area contributed by atoms with Crippen LogP contribution in [0.25, 0.3) is 0 Å². The summed E-state index contributed by atoms with van der Waals surface area (Å²) in [5, 5.41) is 0. The van der Waals surface area contributed by atoms with Crippen molar-refractivity contribution in [3.63, 3.8) is 0 Å². The van der Waals surface area contributed by atoms with Gasteiger partial charge in [-0.25, -0.2) is 4.39 Å². The summed E-state index contributed by atoms with van der Waals surface area (Å²) in [4.78, 5) is 12.9. The second-order valence-corrected chi connectivity index (χ2v) is 4.08. The number of carbonyl (C=O) groups is 1. The molecule has 0 bridgehead atoms. The molecule has 0 N–H and O–H groups in total. The lowest BCUT2D eigenvalue weighted by Crippen LogP contribution is -2.34. The minimum Gasteiger partial charge on any atom is -0.306 e. The van der Waals surface area contributed by atoms with Crippen molar-refractivity contribution in [3.05, 3.63) is 0 Å². The van der Waals surface area contributed by atoms with Crippen molar-refractivity contribution < 1.29 is 9.18 Å². The highest BCUT2D eigenvalue weighted by atomic mass is 19.1. The van der Waals surface area contributed by atoms with Crippen LogP contribution >= 0.6 is 0 Å². The van der Waals surface area contributed by atoms with Gasteiger partial charge in [-0.3, -0.25) is 4.79 Å². The Morgan fingerprint density at radius 1 is 1.69 bits per heavy atom. The van der Waals surface area contributed by atoms with Crippen LogP contribution in [0.4, 0.5) is 4.39 Å². The Balaban J connectivity index is 2.31. The summed E-state index contributed by atoms with van der Waals surface area (Å²) in [6.45, 7) is 3.37. The monoisotopic (exact) mass is 187 g/mol. The standard InChI is InChI=1S/C10H18FNO/c1-8(13)10(11)6-9-4-3-5-12(2)7-9/h9-10H,3-7H2,1-2H3. The van der Waals surface area contributed by atoms with Gasteiger partial charge in [0, 0.05) is 6.54 Å². The van der Waals surface area contributed by atoms with Gasteiger partial charge < -0.3 is 4.90 Å². The Labute approximate surface area is 79.1 Å². The second kappa shape index (κ2) is 4.70. The van der Waals surface area contributed by atoms with E-state index in [4.69, 9.17) is 0 Å². The lowest BCUT2D eigenvalue weighted by atomic mass is 9.92. The van der Waals surface area contributed by atoms with E-state index >= 15 is 0 Å². The number of hydrogen-bond donors (Lipinski definition) is 0. The molecule has 2 atom stereocenters. The summed E-state index contributed by atoms with van der Waals surface area (Å²) in [5.41, 5.74) is 0. The van der Waals surface area contributed by atoms with Crippen LogP contribution in [0.5, 0.6) is 0 Å². The number of likely N-dealkylation sites (tertiary alicyclic amines) is 1. The number of rotatable bonds is 3. The number of hydrogen-bond acceptors (Lipinski definition) is 2. The molecular weight excluding hydrogens is 169 g/mol. The first-order chi connectivity index (χ1) is 6.09. The average Bonchev–Trinajstić information content (AvgIpc) is 2.04. The van der Waals surface area contributed by atoms with Gasteiger partial charge in [0.1, 0.15) is 0 Å². The fourth-order valence-corrected chi connectivity index (χ4v) is 1.92. The zero-order chi connectivity index (χ0) is 9.84. The summed E-state index contributed by atoms with van der Waals surface area (Å²) in [6, 6.07) is 0. The van der Waals surface area contributed by atoms with E-state index in [1.165, 1.54) is 6.92 Å². The quantitative estimate of drug-likeness (QED) is 0.669. The smallest absolute Gasteiger partial charge is 0.163 e. The lowest BCUT2D eigenvalue weighted by molar-refractivity contribution is -0.122. The van der Waals surface area contributed by atoms with Crippen LogP contribution in [0.1, 0.15) is 26.2 Å². The number of Topliss-reactive ketones (excluding diaryl/α,β-unsaturated/α-hetero) is 1. The normalized spacial score (nSPS) is 27.2. The Morgan fingerprint density at radius 2 is 2.38 bits per heavy atom. The molecule has 1 saturated heterocycles. The van der Waals surface area contributed by atoms with Gasteiger partial charge in [0.25, 0.3) is 0 Å². The fourth-order valence-electron chi connectivity index (χ4n) is 1.92. The van der Waals surface area contributed by atoms with Crippen molar-refractivity contribution in [2.24, 2.45) is 5.92 Å². The van der Waals surface area contributed by atoms with Crippen LogP contribution in [0.15, 0.2) is 0 Å². The highest BCUT2D eigenvalue weighted by Crippen LogP contribution is 2.21. The van der Waals surface area contributed by atoms with Crippen molar-refractivity contribution in [1.82, 2.24) is 4.90 Å². The molecule has 0 amide bonds. The van der Waals surface area contributed by atoms with Gasteiger partial charge in [-0.2, -0.15) is 0 Å². The molecule has 76 valence electrons. The van der Waals surface area contributed by atoms with Gasteiger partial charge in [-0.1, -0.05) is 0 Å². The van der Waals surface area contributed by atoms with Crippen LogP contribution in [0.3, 0.4) is 0 Å². The predicted octanol–water partition coefficient (Wildman–Crippen LogP) is 1.65. The van der Waals surface area contributed by atoms with Crippen molar-refractivity contribution in [2.45, 2.75) is 32.4 Å². The van der Waals surface area contributed by atoms with Crippen LogP contribution in [0.2, 0.25) is 0 Å². The first-order valence-corrected chi connectivity index (χ1v) is 4.92. The van der Waals surface area contributed by atoms with Gasteiger partial charge in [-0.15, -0.1) is 0 Å². The summed E-state index contributed by atoms with van der Waals surface area (Å²) >= 11 is 0. The van der Waals surface area contributed by atoms with E-state index in [2.05, 4.69) is 4.90 Å². The van der Waals surface area contributed by atoms with Crippen LogP contribution < -0.4 is 0 Å². The van der Waals surface area contributed by atoms with E-state index in [0.717, 1.165) is 25.9 Å². The minimum absolute atomic E-state index is 0.326. The van der Waals surface area contributed by atoms with E-state index in [-0.39, 0.29) is 5.78 Å². The van der Waals surface area contributed by atoms with Crippen molar-refractivity contribution in [2.75, 3.05) is 20.1 Å². The maximum Gasteiger partial charge on any atom is 0.163 e. The molecular formula is C10H18FNO. The highest BCUT2D eigenvalue weighted by molar-refractivity contribution is 5.80. The van der Waals surface area contributed by atoms with Crippen LogP contribution in [-0.2, 0) is 4.79 Å². The van der Waals surface area contributed by atoms with Crippen LogP contribution in [-0.4, -0.2) is 37.0 Å².